The lowest BCUT2D eigenvalue weighted by Crippen LogP contribution is -2.58. The average molecular weight is 401 g/mol. The number of aliphatic carboxylic acids is 1. The predicted molar refractivity (Wildman–Crippen MR) is 106 cm³/mol. The van der Waals surface area contributed by atoms with Crippen molar-refractivity contribution < 1.29 is 24.5 Å². The molecular weight excluding hydrogens is 374 g/mol. The van der Waals surface area contributed by atoms with Crippen molar-refractivity contribution in [2.75, 3.05) is 20.2 Å². The molecule has 3 rings (SSSR count). The molecule has 1 aromatic carbocycles. The summed E-state index contributed by atoms with van der Waals surface area (Å²) in [5.74, 6) is -0.833. The van der Waals surface area contributed by atoms with E-state index in [1.807, 2.05) is 13.8 Å². The monoisotopic (exact) mass is 401 g/mol. The molecule has 0 bridgehead atoms. The number of aryl methyl sites for hydroxylation is 1. The van der Waals surface area contributed by atoms with E-state index < -0.39 is 17.5 Å². The molecule has 2 atom stereocenters. The molecule has 0 radical (unpaired) electrons. The molecule has 2 aromatic rings. The first-order valence-electron chi connectivity index (χ1n) is 9.70. The Morgan fingerprint density at radius 2 is 2.17 bits per heavy atom. The number of piperidine rings is 1. The Bertz CT molecular complexity index is 909. The standard InChI is InChI=1S/C21H27N3O5/c1-4-16-13(2)18(23-22-16)19(26)24-9-8-17(25)21(12-24,20(27)28)11-14-6-5-7-15(10-14)29-3/h5-7,10,17,25H,4,8-9,11-12H2,1-3H3,(H,22,23)(H,27,28)/t17-,21-/m1/s1. The minimum Gasteiger partial charge on any atom is -0.497 e. The topological polar surface area (TPSA) is 116 Å². The van der Waals surface area contributed by atoms with E-state index in [-0.39, 0.29) is 31.8 Å². The number of benzene rings is 1. The second-order valence-corrected chi connectivity index (χ2v) is 7.55. The molecule has 1 fully saturated rings. The number of carboxylic acid groups (broad SMARTS) is 1. The Labute approximate surface area is 169 Å². The van der Waals surface area contributed by atoms with Crippen molar-refractivity contribution in [1.29, 1.82) is 0 Å². The second-order valence-electron chi connectivity index (χ2n) is 7.55. The maximum absolute atomic E-state index is 13.1. The van der Waals surface area contributed by atoms with E-state index in [9.17, 15) is 19.8 Å². The molecule has 0 unspecified atom stereocenters. The minimum atomic E-state index is -1.50. The van der Waals surface area contributed by atoms with Crippen LogP contribution in [0.4, 0.5) is 0 Å². The highest BCUT2D eigenvalue weighted by Gasteiger charge is 2.50. The Kier molecular flexibility index (Phi) is 5.93. The number of carbonyl (C=O) groups is 2. The molecule has 1 aliphatic heterocycles. The Hall–Kier alpha value is -2.87. The van der Waals surface area contributed by atoms with E-state index in [0.717, 1.165) is 23.2 Å². The average Bonchev–Trinajstić information content (AvgIpc) is 3.09. The SMILES string of the molecule is CCc1[nH]nc(C(=O)N2CC[C@@H](O)[C@](Cc3cccc(OC)c3)(C(=O)O)C2)c1C. The van der Waals surface area contributed by atoms with Crippen LogP contribution in [0.15, 0.2) is 24.3 Å². The zero-order chi connectivity index (χ0) is 21.2. The highest BCUT2D eigenvalue weighted by atomic mass is 16.5. The molecule has 1 aromatic heterocycles. The summed E-state index contributed by atoms with van der Waals surface area (Å²) in [4.78, 5) is 26.9. The van der Waals surface area contributed by atoms with Gasteiger partial charge in [-0.2, -0.15) is 5.10 Å². The van der Waals surface area contributed by atoms with Gasteiger partial charge in [0.05, 0.1) is 13.2 Å². The molecule has 8 heteroatoms. The van der Waals surface area contributed by atoms with Gasteiger partial charge in [-0.3, -0.25) is 14.7 Å². The van der Waals surface area contributed by atoms with Crippen LogP contribution in [0.3, 0.4) is 0 Å². The number of hydrogen-bond acceptors (Lipinski definition) is 5. The van der Waals surface area contributed by atoms with Crippen LogP contribution in [0.5, 0.6) is 5.75 Å². The van der Waals surface area contributed by atoms with Gasteiger partial charge in [0, 0.05) is 24.3 Å². The minimum absolute atomic E-state index is 0.0875. The number of aromatic amines is 1. The van der Waals surface area contributed by atoms with Crippen LogP contribution in [0.25, 0.3) is 0 Å². The van der Waals surface area contributed by atoms with Gasteiger partial charge in [-0.15, -0.1) is 0 Å². The van der Waals surface area contributed by atoms with Crippen molar-refractivity contribution in [2.45, 2.75) is 39.2 Å². The third kappa shape index (κ3) is 3.85. The molecule has 1 saturated heterocycles. The summed E-state index contributed by atoms with van der Waals surface area (Å²) in [5.41, 5.74) is 1.18. The Morgan fingerprint density at radius 1 is 1.41 bits per heavy atom. The first-order chi connectivity index (χ1) is 13.8. The smallest absolute Gasteiger partial charge is 0.314 e. The van der Waals surface area contributed by atoms with Crippen LogP contribution in [-0.2, 0) is 17.6 Å². The highest BCUT2D eigenvalue weighted by molar-refractivity contribution is 5.94. The Morgan fingerprint density at radius 3 is 2.79 bits per heavy atom. The lowest BCUT2D eigenvalue weighted by molar-refractivity contribution is -0.161. The number of amides is 1. The number of hydrogen-bond donors (Lipinski definition) is 3. The number of ether oxygens (including phenoxy) is 1. The summed E-state index contributed by atoms with van der Waals surface area (Å²) in [5, 5.41) is 27.7. The summed E-state index contributed by atoms with van der Waals surface area (Å²) in [6.07, 6.45) is -0.0717. The quantitative estimate of drug-likeness (QED) is 0.680. The number of likely N-dealkylation sites (tertiary alicyclic amines) is 1. The third-order valence-corrected chi connectivity index (χ3v) is 5.82. The normalized spacial score (nSPS) is 21.8. The first kappa shape index (κ1) is 20.9. The van der Waals surface area contributed by atoms with Gasteiger partial charge in [0.25, 0.3) is 5.91 Å². The number of nitrogens with zero attached hydrogens (tertiary/aromatic N) is 2. The molecule has 8 nitrogen and oxygen atoms in total. The van der Waals surface area contributed by atoms with Crippen LogP contribution < -0.4 is 4.74 Å². The van der Waals surface area contributed by atoms with E-state index >= 15 is 0 Å². The fourth-order valence-corrected chi connectivity index (χ4v) is 4.00. The van der Waals surface area contributed by atoms with Gasteiger partial charge in [-0.1, -0.05) is 19.1 Å². The summed E-state index contributed by atoms with van der Waals surface area (Å²) < 4.78 is 5.22. The van der Waals surface area contributed by atoms with E-state index in [2.05, 4.69) is 10.2 Å². The van der Waals surface area contributed by atoms with E-state index in [4.69, 9.17) is 4.74 Å². The Balaban J connectivity index is 1.91. The van der Waals surface area contributed by atoms with Crippen LogP contribution in [-0.4, -0.2) is 63.5 Å². The molecule has 0 aliphatic carbocycles. The lowest BCUT2D eigenvalue weighted by atomic mass is 9.72. The van der Waals surface area contributed by atoms with Gasteiger partial charge < -0.3 is 19.8 Å². The number of H-pyrrole nitrogens is 1. The molecular formula is C21H27N3O5. The molecule has 1 aliphatic rings. The number of carboxylic acids is 1. The largest absolute Gasteiger partial charge is 0.497 e. The van der Waals surface area contributed by atoms with E-state index in [1.54, 1.807) is 31.4 Å². The molecule has 1 amide bonds. The summed E-state index contributed by atoms with van der Waals surface area (Å²) in [6, 6.07) is 7.10. The van der Waals surface area contributed by atoms with Gasteiger partial charge in [0.15, 0.2) is 5.69 Å². The van der Waals surface area contributed by atoms with Crippen molar-refractivity contribution in [3.05, 3.63) is 46.8 Å². The molecule has 0 saturated carbocycles. The van der Waals surface area contributed by atoms with Crippen LogP contribution >= 0.6 is 0 Å². The van der Waals surface area contributed by atoms with Gasteiger partial charge in [0.1, 0.15) is 11.2 Å². The number of carbonyl (C=O) groups excluding carboxylic acids is 1. The fraction of sp³-hybridized carbons (Fsp3) is 0.476. The zero-order valence-electron chi connectivity index (χ0n) is 16.9. The van der Waals surface area contributed by atoms with Crippen LogP contribution in [0.2, 0.25) is 0 Å². The summed E-state index contributed by atoms with van der Waals surface area (Å²) >= 11 is 0. The van der Waals surface area contributed by atoms with Crippen LogP contribution in [0.1, 0.15) is 40.7 Å². The summed E-state index contributed by atoms with van der Waals surface area (Å²) in [6.45, 7) is 3.98. The fourth-order valence-electron chi connectivity index (χ4n) is 4.00. The second kappa shape index (κ2) is 8.24. The third-order valence-electron chi connectivity index (χ3n) is 5.82. The zero-order valence-corrected chi connectivity index (χ0v) is 16.9. The number of rotatable bonds is 6. The number of aromatic nitrogens is 2. The highest BCUT2D eigenvalue weighted by Crippen LogP contribution is 2.36. The van der Waals surface area contributed by atoms with Gasteiger partial charge in [-0.25, -0.2) is 0 Å². The van der Waals surface area contributed by atoms with Crippen molar-refractivity contribution >= 4 is 11.9 Å². The van der Waals surface area contributed by atoms with Crippen molar-refractivity contribution in [1.82, 2.24) is 15.1 Å². The molecule has 156 valence electrons. The molecule has 2 heterocycles. The number of nitrogens with one attached hydrogen (secondary N) is 1. The van der Waals surface area contributed by atoms with E-state index in [1.165, 1.54) is 4.90 Å². The van der Waals surface area contributed by atoms with Crippen molar-refractivity contribution in [2.24, 2.45) is 5.41 Å². The number of methoxy groups -OCH3 is 1. The first-order valence-corrected chi connectivity index (χ1v) is 9.70. The lowest BCUT2D eigenvalue weighted by Gasteiger charge is -2.43. The number of aliphatic hydroxyl groups excluding tert-OH is 1. The van der Waals surface area contributed by atoms with E-state index in [0.29, 0.717) is 11.4 Å². The van der Waals surface area contributed by atoms with Crippen molar-refractivity contribution in [3.8, 4) is 5.75 Å². The molecule has 3 N–H and O–H groups in total. The molecule has 29 heavy (non-hydrogen) atoms. The van der Waals surface area contributed by atoms with Gasteiger partial charge in [-0.05, 0) is 43.9 Å². The van der Waals surface area contributed by atoms with Gasteiger partial charge >= 0.3 is 5.97 Å². The van der Waals surface area contributed by atoms with Crippen molar-refractivity contribution in [3.63, 3.8) is 0 Å². The molecule has 0 spiro atoms. The summed E-state index contributed by atoms with van der Waals surface area (Å²) in [7, 11) is 1.54. The maximum atomic E-state index is 13.1. The van der Waals surface area contributed by atoms with Crippen LogP contribution in [0, 0.1) is 12.3 Å². The maximum Gasteiger partial charge on any atom is 0.314 e. The number of aliphatic hydroxyl groups is 1. The predicted octanol–water partition coefficient (Wildman–Crippen LogP) is 1.81. The van der Waals surface area contributed by atoms with Gasteiger partial charge in [0.2, 0.25) is 0 Å².